The summed E-state index contributed by atoms with van der Waals surface area (Å²) in [5.41, 5.74) is 5.04. The largest absolute Gasteiger partial charge is 0.408 e. The van der Waals surface area contributed by atoms with Crippen LogP contribution >= 0.6 is 0 Å². The quantitative estimate of drug-likeness (QED) is 0.439. The normalized spacial score (nSPS) is 8.50. The zero-order valence-electron chi connectivity index (χ0n) is 9.77. The van der Waals surface area contributed by atoms with Gasteiger partial charge in [0.15, 0.2) is 0 Å². The first-order valence-corrected chi connectivity index (χ1v) is 4.93. The molecule has 92 valence electrons. The van der Waals surface area contributed by atoms with Gasteiger partial charge in [0, 0.05) is 12.2 Å². The van der Waals surface area contributed by atoms with Crippen molar-refractivity contribution in [2.45, 2.75) is 33.1 Å². The standard InChI is InChI=1S/C7H9NO4.C4H10/c1-3-5(9)11-7(8)12-6(10)4-2;1-3-4-2/h3-4,7H,1-2,8H2;3-4H2,1-2H3. The predicted octanol–water partition coefficient (Wildman–Crippen LogP) is 1.49. The van der Waals surface area contributed by atoms with Gasteiger partial charge in [-0.1, -0.05) is 39.8 Å². The molecule has 0 aromatic heterocycles. The minimum atomic E-state index is -1.42. The predicted molar refractivity (Wildman–Crippen MR) is 61.1 cm³/mol. The van der Waals surface area contributed by atoms with Crippen LogP contribution < -0.4 is 5.73 Å². The fourth-order valence-corrected chi connectivity index (χ4v) is 0.349. The summed E-state index contributed by atoms with van der Waals surface area (Å²) < 4.78 is 8.60. The molecule has 0 aromatic rings. The Bertz CT molecular complexity index is 214. The Balaban J connectivity index is 0. The molecule has 0 bridgehead atoms. The number of hydrogen-bond donors (Lipinski definition) is 1. The van der Waals surface area contributed by atoms with Crippen LogP contribution in [0.2, 0.25) is 0 Å². The molecule has 0 rings (SSSR count). The molecule has 0 radical (unpaired) electrons. The van der Waals surface area contributed by atoms with E-state index in [0.717, 1.165) is 12.2 Å². The number of rotatable bonds is 5. The van der Waals surface area contributed by atoms with Gasteiger partial charge in [0.25, 0.3) is 0 Å². The van der Waals surface area contributed by atoms with Gasteiger partial charge in [-0.15, -0.1) is 0 Å². The van der Waals surface area contributed by atoms with Crippen LogP contribution in [0.5, 0.6) is 0 Å². The van der Waals surface area contributed by atoms with E-state index >= 15 is 0 Å². The summed E-state index contributed by atoms with van der Waals surface area (Å²) in [6.07, 6.45) is 3.03. The first-order chi connectivity index (χ1) is 7.51. The van der Waals surface area contributed by atoms with Crippen molar-refractivity contribution in [2.75, 3.05) is 0 Å². The van der Waals surface area contributed by atoms with Crippen molar-refractivity contribution in [3.63, 3.8) is 0 Å². The summed E-state index contributed by atoms with van der Waals surface area (Å²) in [5.74, 6) is -1.53. The molecule has 2 N–H and O–H groups in total. The molecule has 0 aliphatic rings. The molecule has 0 saturated carbocycles. The van der Waals surface area contributed by atoms with Gasteiger partial charge in [0.05, 0.1) is 0 Å². The molecule has 0 atom stereocenters. The highest BCUT2D eigenvalue weighted by Crippen LogP contribution is 1.89. The average Bonchev–Trinajstić information content (AvgIpc) is 2.28. The van der Waals surface area contributed by atoms with Crippen molar-refractivity contribution in [2.24, 2.45) is 5.73 Å². The summed E-state index contributed by atoms with van der Waals surface area (Å²) in [5, 5.41) is 0. The van der Waals surface area contributed by atoms with Crippen LogP contribution in [0.15, 0.2) is 25.3 Å². The van der Waals surface area contributed by atoms with E-state index in [-0.39, 0.29) is 0 Å². The number of nitrogens with two attached hydrogens (primary N) is 1. The Morgan fingerprint density at radius 3 is 1.62 bits per heavy atom. The zero-order valence-corrected chi connectivity index (χ0v) is 9.77. The summed E-state index contributed by atoms with van der Waals surface area (Å²) >= 11 is 0. The van der Waals surface area contributed by atoms with E-state index in [1.807, 2.05) is 0 Å². The van der Waals surface area contributed by atoms with Gasteiger partial charge in [-0.25, -0.2) is 9.59 Å². The van der Waals surface area contributed by atoms with Crippen LogP contribution in [0, 0.1) is 0 Å². The lowest BCUT2D eigenvalue weighted by Gasteiger charge is -2.10. The maximum atomic E-state index is 10.5. The van der Waals surface area contributed by atoms with Crippen molar-refractivity contribution < 1.29 is 19.1 Å². The average molecular weight is 229 g/mol. The van der Waals surface area contributed by atoms with Gasteiger partial charge in [0.2, 0.25) is 0 Å². The molecule has 0 aliphatic heterocycles. The van der Waals surface area contributed by atoms with Crippen LogP contribution in [-0.2, 0) is 19.1 Å². The molecule has 0 unspecified atom stereocenters. The SMILES string of the molecule is C=CC(=O)OC(N)OC(=O)C=C.CCCC. The molecule has 0 saturated heterocycles. The Labute approximate surface area is 95.9 Å². The Hall–Kier alpha value is -1.62. The molecular formula is C11H19NO4. The van der Waals surface area contributed by atoms with Crippen molar-refractivity contribution in [1.82, 2.24) is 0 Å². The molecule has 0 aliphatic carbocycles. The van der Waals surface area contributed by atoms with Crippen molar-refractivity contribution >= 4 is 11.9 Å². The lowest BCUT2D eigenvalue weighted by molar-refractivity contribution is -0.179. The number of ether oxygens (including phenoxy) is 2. The molecule has 5 heteroatoms. The third-order valence-electron chi connectivity index (χ3n) is 1.30. The highest BCUT2D eigenvalue weighted by Gasteiger charge is 2.09. The number of unbranched alkanes of at least 4 members (excludes halogenated alkanes) is 1. The molecule has 16 heavy (non-hydrogen) atoms. The van der Waals surface area contributed by atoms with E-state index in [4.69, 9.17) is 5.73 Å². The topological polar surface area (TPSA) is 78.6 Å². The smallest absolute Gasteiger partial charge is 0.334 e. The van der Waals surface area contributed by atoms with Crippen molar-refractivity contribution in [1.29, 1.82) is 0 Å². The fourth-order valence-electron chi connectivity index (χ4n) is 0.349. The lowest BCUT2D eigenvalue weighted by atomic mass is 10.4. The van der Waals surface area contributed by atoms with E-state index in [0.29, 0.717) is 0 Å². The molecule has 0 spiro atoms. The minimum absolute atomic E-state index is 0.764. The van der Waals surface area contributed by atoms with E-state index in [1.54, 1.807) is 0 Å². The first-order valence-electron chi connectivity index (χ1n) is 4.93. The Kier molecular flexibility index (Phi) is 12.0. The molecule has 0 aromatic carbocycles. The summed E-state index contributed by atoms with van der Waals surface area (Å²) in [7, 11) is 0. The molecular weight excluding hydrogens is 210 g/mol. The highest BCUT2D eigenvalue weighted by molar-refractivity contribution is 5.82. The van der Waals surface area contributed by atoms with Crippen LogP contribution in [0.3, 0.4) is 0 Å². The summed E-state index contributed by atoms with van der Waals surface area (Å²) in [6.45, 7) is 10.6. The Morgan fingerprint density at radius 2 is 1.44 bits per heavy atom. The van der Waals surface area contributed by atoms with Gasteiger partial charge >= 0.3 is 18.4 Å². The lowest BCUT2D eigenvalue weighted by Crippen LogP contribution is -2.31. The maximum absolute atomic E-state index is 10.5. The second-order valence-electron chi connectivity index (χ2n) is 2.65. The van der Waals surface area contributed by atoms with E-state index in [9.17, 15) is 9.59 Å². The van der Waals surface area contributed by atoms with E-state index in [2.05, 4.69) is 36.5 Å². The maximum Gasteiger partial charge on any atom is 0.334 e. The van der Waals surface area contributed by atoms with Gasteiger partial charge in [-0.2, -0.15) is 0 Å². The third kappa shape index (κ3) is 12.4. The second-order valence-corrected chi connectivity index (χ2v) is 2.65. The van der Waals surface area contributed by atoms with Crippen molar-refractivity contribution in [3.8, 4) is 0 Å². The Morgan fingerprint density at radius 1 is 1.12 bits per heavy atom. The number of hydrogen-bond acceptors (Lipinski definition) is 5. The van der Waals surface area contributed by atoms with Crippen LogP contribution in [0.4, 0.5) is 0 Å². The monoisotopic (exact) mass is 229 g/mol. The van der Waals surface area contributed by atoms with Gasteiger partial charge in [0.1, 0.15) is 0 Å². The van der Waals surface area contributed by atoms with Crippen molar-refractivity contribution in [3.05, 3.63) is 25.3 Å². The van der Waals surface area contributed by atoms with Crippen LogP contribution in [0.25, 0.3) is 0 Å². The molecule has 0 heterocycles. The molecule has 0 fully saturated rings. The number of esters is 2. The van der Waals surface area contributed by atoms with Gasteiger partial charge in [-0.3, -0.25) is 5.73 Å². The fraction of sp³-hybridized carbons (Fsp3) is 0.455. The highest BCUT2D eigenvalue weighted by atomic mass is 16.7. The zero-order chi connectivity index (χ0) is 13.0. The van der Waals surface area contributed by atoms with Gasteiger partial charge in [-0.05, 0) is 0 Å². The van der Waals surface area contributed by atoms with Crippen LogP contribution in [0.1, 0.15) is 26.7 Å². The van der Waals surface area contributed by atoms with Gasteiger partial charge < -0.3 is 9.47 Å². The minimum Gasteiger partial charge on any atom is -0.408 e. The van der Waals surface area contributed by atoms with E-state index < -0.39 is 18.4 Å². The van der Waals surface area contributed by atoms with Crippen LogP contribution in [-0.4, -0.2) is 18.4 Å². The third-order valence-corrected chi connectivity index (χ3v) is 1.30. The molecule has 5 nitrogen and oxygen atoms in total. The van der Waals surface area contributed by atoms with E-state index in [1.165, 1.54) is 12.8 Å². The first kappa shape index (κ1) is 16.8. The second kappa shape index (κ2) is 11.5. The summed E-state index contributed by atoms with van der Waals surface area (Å²) in [6, 6.07) is 0. The molecule has 0 amide bonds. The summed E-state index contributed by atoms with van der Waals surface area (Å²) in [4.78, 5) is 20.9. The number of carbonyl (C=O) groups is 2. The number of carbonyl (C=O) groups excluding carboxylic acids is 2.